The van der Waals surface area contributed by atoms with E-state index in [2.05, 4.69) is 5.32 Å². The summed E-state index contributed by atoms with van der Waals surface area (Å²) < 4.78 is 25.5. The average molecular weight is 229 g/mol. The summed E-state index contributed by atoms with van der Waals surface area (Å²) in [7, 11) is 0. The minimum atomic E-state index is -1.23. The van der Waals surface area contributed by atoms with Gasteiger partial charge in [-0.15, -0.1) is 0 Å². The van der Waals surface area contributed by atoms with Crippen LogP contribution in [0.4, 0.5) is 8.78 Å². The van der Waals surface area contributed by atoms with E-state index in [1.165, 1.54) is 6.92 Å². The molecular weight excluding hydrogens is 220 g/mol. The molecule has 1 rings (SSSR count). The molecule has 0 aliphatic carbocycles. The molecule has 86 valence electrons. The molecule has 4 nitrogen and oxygen atoms in total. The van der Waals surface area contributed by atoms with Crippen molar-refractivity contribution in [1.29, 1.82) is 0 Å². The van der Waals surface area contributed by atoms with Crippen molar-refractivity contribution in [3.63, 3.8) is 0 Å². The number of benzene rings is 1. The predicted octanol–water partition coefficient (Wildman–Crippen LogP) is 1.17. The van der Waals surface area contributed by atoms with Crippen LogP contribution < -0.4 is 5.32 Å². The normalized spacial score (nSPS) is 11.9. The van der Waals surface area contributed by atoms with Gasteiger partial charge >= 0.3 is 5.97 Å². The minimum absolute atomic E-state index is 0.259. The fourth-order valence-electron chi connectivity index (χ4n) is 1.03. The van der Waals surface area contributed by atoms with Crippen molar-refractivity contribution < 1.29 is 23.5 Å². The van der Waals surface area contributed by atoms with Gasteiger partial charge in [-0.1, -0.05) is 0 Å². The van der Waals surface area contributed by atoms with Gasteiger partial charge in [-0.2, -0.15) is 0 Å². The number of rotatable bonds is 3. The molecule has 1 atom stereocenters. The number of aliphatic carboxylic acids is 1. The molecule has 0 heterocycles. The Hall–Kier alpha value is -1.98. The van der Waals surface area contributed by atoms with Crippen molar-refractivity contribution in [2.45, 2.75) is 13.0 Å². The van der Waals surface area contributed by atoms with E-state index < -0.39 is 29.6 Å². The van der Waals surface area contributed by atoms with Crippen molar-refractivity contribution in [2.24, 2.45) is 0 Å². The van der Waals surface area contributed by atoms with Crippen molar-refractivity contribution in [3.8, 4) is 0 Å². The lowest BCUT2D eigenvalue weighted by molar-refractivity contribution is -0.138. The lowest BCUT2D eigenvalue weighted by Gasteiger charge is -2.09. The molecule has 0 saturated heterocycles. The number of carbonyl (C=O) groups is 2. The van der Waals surface area contributed by atoms with Crippen molar-refractivity contribution >= 4 is 11.9 Å². The van der Waals surface area contributed by atoms with Crippen LogP contribution in [-0.2, 0) is 4.79 Å². The summed E-state index contributed by atoms with van der Waals surface area (Å²) in [5, 5.41) is 10.6. The Morgan fingerprint density at radius 3 is 2.19 bits per heavy atom. The molecule has 0 aliphatic rings. The monoisotopic (exact) mass is 229 g/mol. The van der Waals surface area contributed by atoms with Crippen LogP contribution >= 0.6 is 0 Å². The summed E-state index contributed by atoms with van der Waals surface area (Å²) in [6.07, 6.45) is 0. The zero-order valence-corrected chi connectivity index (χ0v) is 8.33. The van der Waals surface area contributed by atoms with Gasteiger partial charge in [0.15, 0.2) is 0 Å². The Morgan fingerprint density at radius 1 is 1.25 bits per heavy atom. The van der Waals surface area contributed by atoms with Crippen molar-refractivity contribution in [1.82, 2.24) is 5.32 Å². The second-order valence-corrected chi connectivity index (χ2v) is 3.19. The molecule has 6 heteroatoms. The Kier molecular flexibility index (Phi) is 3.55. The summed E-state index contributed by atoms with van der Waals surface area (Å²) >= 11 is 0. The third-order valence-corrected chi connectivity index (χ3v) is 1.84. The quantitative estimate of drug-likeness (QED) is 0.817. The maximum Gasteiger partial charge on any atom is 0.325 e. The van der Waals surface area contributed by atoms with E-state index in [-0.39, 0.29) is 5.56 Å². The first kappa shape index (κ1) is 12.1. The fraction of sp³-hybridized carbons (Fsp3) is 0.200. The summed E-state index contributed by atoms with van der Waals surface area (Å²) in [4.78, 5) is 21.8. The number of amides is 1. The van der Waals surface area contributed by atoms with Gasteiger partial charge in [0.2, 0.25) is 0 Å². The maximum absolute atomic E-state index is 12.7. The van der Waals surface area contributed by atoms with Gasteiger partial charge in [-0.05, 0) is 19.1 Å². The smallest absolute Gasteiger partial charge is 0.325 e. The summed E-state index contributed by atoms with van der Waals surface area (Å²) in [5.74, 6) is -3.86. The molecule has 16 heavy (non-hydrogen) atoms. The van der Waals surface area contributed by atoms with Crippen LogP contribution in [0.15, 0.2) is 18.2 Å². The van der Waals surface area contributed by atoms with E-state index in [1.54, 1.807) is 0 Å². The highest BCUT2D eigenvalue weighted by Crippen LogP contribution is 2.07. The Balaban J connectivity index is 2.84. The molecule has 1 aromatic rings. The molecule has 1 aromatic carbocycles. The Labute approximate surface area is 89.9 Å². The molecule has 0 radical (unpaired) electrons. The third-order valence-electron chi connectivity index (χ3n) is 1.84. The first-order valence-electron chi connectivity index (χ1n) is 4.40. The number of nitrogens with one attached hydrogen (secondary N) is 1. The second-order valence-electron chi connectivity index (χ2n) is 3.19. The van der Waals surface area contributed by atoms with Crippen LogP contribution in [0.1, 0.15) is 17.3 Å². The third kappa shape index (κ3) is 3.01. The number of carboxylic acids is 1. The number of hydrogen-bond acceptors (Lipinski definition) is 2. The first-order chi connectivity index (χ1) is 7.40. The zero-order chi connectivity index (χ0) is 12.3. The highest BCUT2D eigenvalue weighted by atomic mass is 19.1. The number of halogens is 2. The van der Waals surface area contributed by atoms with Crippen LogP contribution in [0.5, 0.6) is 0 Å². The van der Waals surface area contributed by atoms with Gasteiger partial charge in [0.05, 0.1) is 0 Å². The van der Waals surface area contributed by atoms with Crippen LogP contribution in [0, 0.1) is 11.6 Å². The molecule has 0 saturated carbocycles. The highest BCUT2D eigenvalue weighted by molar-refractivity contribution is 5.96. The number of carbonyl (C=O) groups excluding carboxylic acids is 1. The van der Waals surface area contributed by atoms with Crippen molar-refractivity contribution in [3.05, 3.63) is 35.4 Å². The van der Waals surface area contributed by atoms with Gasteiger partial charge in [-0.3, -0.25) is 9.59 Å². The summed E-state index contributed by atoms with van der Waals surface area (Å²) in [5.41, 5.74) is -0.259. The average Bonchev–Trinajstić information content (AvgIpc) is 2.15. The van der Waals surface area contributed by atoms with Crippen LogP contribution in [-0.4, -0.2) is 23.0 Å². The molecule has 0 fully saturated rings. The summed E-state index contributed by atoms with van der Waals surface area (Å²) in [6.45, 7) is 1.25. The molecule has 1 unspecified atom stereocenters. The number of hydrogen-bond donors (Lipinski definition) is 2. The topological polar surface area (TPSA) is 66.4 Å². The maximum atomic E-state index is 12.7. The van der Waals surface area contributed by atoms with E-state index in [9.17, 15) is 18.4 Å². The van der Waals surface area contributed by atoms with E-state index >= 15 is 0 Å². The van der Waals surface area contributed by atoms with Gasteiger partial charge < -0.3 is 10.4 Å². The van der Waals surface area contributed by atoms with E-state index in [0.717, 1.165) is 12.1 Å². The summed E-state index contributed by atoms with van der Waals surface area (Å²) in [6, 6.07) is 1.15. The largest absolute Gasteiger partial charge is 0.480 e. The van der Waals surface area contributed by atoms with Crippen LogP contribution in [0.2, 0.25) is 0 Å². The molecule has 0 spiro atoms. The highest BCUT2D eigenvalue weighted by Gasteiger charge is 2.16. The lowest BCUT2D eigenvalue weighted by atomic mass is 10.2. The Morgan fingerprint density at radius 2 is 1.75 bits per heavy atom. The molecule has 1 amide bonds. The lowest BCUT2D eigenvalue weighted by Crippen LogP contribution is -2.38. The number of carboxylic acid groups (broad SMARTS) is 1. The van der Waals surface area contributed by atoms with E-state index in [4.69, 9.17) is 5.11 Å². The Bertz CT molecular complexity index is 414. The standard InChI is InChI=1S/C10H9F2NO3/c1-5(10(15)16)13-9(14)6-2-7(11)4-8(12)3-6/h2-5H,1H3,(H,13,14)(H,15,16). The predicted molar refractivity (Wildman–Crippen MR) is 50.9 cm³/mol. The molecule has 0 bridgehead atoms. The first-order valence-corrected chi connectivity index (χ1v) is 4.40. The van der Waals surface area contributed by atoms with Crippen molar-refractivity contribution in [2.75, 3.05) is 0 Å². The molecular formula is C10H9F2NO3. The van der Waals surface area contributed by atoms with E-state index in [1.807, 2.05) is 0 Å². The molecule has 0 aromatic heterocycles. The fourth-order valence-corrected chi connectivity index (χ4v) is 1.03. The molecule has 0 aliphatic heterocycles. The van der Waals surface area contributed by atoms with Crippen LogP contribution in [0.3, 0.4) is 0 Å². The van der Waals surface area contributed by atoms with Gasteiger partial charge in [0.25, 0.3) is 5.91 Å². The van der Waals surface area contributed by atoms with Gasteiger partial charge in [-0.25, -0.2) is 8.78 Å². The second kappa shape index (κ2) is 4.69. The van der Waals surface area contributed by atoms with Gasteiger partial charge in [0, 0.05) is 11.6 Å². The SMILES string of the molecule is CC(NC(=O)c1cc(F)cc(F)c1)C(=O)O. The minimum Gasteiger partial charge on any atom is -0.480 e. The molecule has 2 N–H and O–H groups in total. The zero-order valence-electron chi connectivity index (χ0n) is 8.33. The van der Waals surface area contributed by atoms with Gasteiger partial charge in [0.1, 0.15) is 17.7 Å². The van der Waals surface area contributed by atoms with Crippen LogP contribution in [0.25, 0.3) is 0 Å². The van der Waals surface area contributed by atoms with E-state index in [0.29, 0.717) is 6.07 Å².